The first-order valence-corrected chi connectivity index (χ1v) is 8.64. The predicted molar refractivity (Wildman–Crippen MR) is 97.6 cm³/mol. The number of hydrogen-bond donors (Lipinski definition) is 1. The smallest absolute Gasteiger partial charge is 0.323 e. The summed E-state index contributed by atoms with van der Waals surface area (Å²) in [6.45, 7) is 3.86. The van der Waals surface area contributed by atoms with Crippen LogP contribution >= 0.6 is 0 Å². The van der Waals surface area contributed by atoms with E-state index < -0.39 is 6.04 Å². The summed E-state index contributed by atoms with van der Waals surface area (Å²) in [5.74, 6) is -0.0982. The van der Waals surface area contributed by atoms with Gasteiger partial charge in [-0.25, -0.2) is 0 Å². The first-order chi connectivity index (χ1) is 11.6. The van der Waals surface area contributed by atoms with Gasteiger partial charge >= 0.3 is 5.97 Å². The molecule has 0 aromatic heterocycles. The Kier molecular flexibility index (Phi) is 7.01. The van der Waals surface area contributed by atoms with Crippen LogP contribution in [0.25, 0.3) is 0 Å². The van der Waals surface area contributed by atoms with E-state index in [1.54, 1.807) is 0 Å². The predicted octanol–water partition coefficient (Wildman–Crippen LogP) is 3.76. The van der Waals surface area contributed by atoms with Crippen molar-refractivity contribution in [2.45, 2.75) is 45.3 Å². The van der Waals surface area contributed by atoms with E-state index in [0.717, 1.165) is 12.8 Å². The van der Waals surface area contributed by atoms with Gasteiger partial charge in [0.1, 0.15) is 12.1 Å². The minimum absolute atomic E-state index is 0.185. The summed E-state index contributed by atoms with van der Waals surface area (Å²) in [6.07, 6.45) is 2.14. The fraction of sp³-hybridized carbons (Fsp3) is 0.381. The molecule has 3 nitrogen and oxygen atoms in total. The molecule has 2 aromatic carbocycles. The van der Waals surface area contributed by atoms with Crippen molar-refractivity contribution >= 4 is 5.97 Å². The van der Waals surface area contributed by atoms with Gasteiger partial charge in [-0.3, -0.25) is 4.79 Å². The van der Waals surface area contributed by atoms with Crippen molar-refractivity contribution in [3.05, 3.63) is 71.8 Å². The third kappa shape index (κ3) is 5.50. The van der Waals surface area contributed by atoms with Crippen LogP contribution in [-0.2, 0) is 22.4 Å². The lowest BCUT2D eigenvalue weighted by molar-refractivity contribution is -0.152. The standard InChI is InChI=1S/C21H27NO2/c1-3-20(22)21(23)24-16(2)19(14-17-10-6-4-7-11-17)15-18-12-8-5-9-13-18/h4-13,16,19-20H,3,14-15,22H2,1-2H3/t16-,20-/m0/s1. The minimum Gasteiger partial charge on any atom is -0.461 e. The summed E-state index contributed by atoms with van der Waals surface area (Å²) >= 11 is 0. The van der Waals surface area contributed by atoms with E-state index in [2.05, 4.69) is 24.3 Å². The van der Waals surface area contributed by atoms with Gasteiger partial charge in [0.2, 0.25) is 0 Å². The molecule has 0 saturated heterocycles. The number of ether oxygens (including phenoxy) is 1. The number of carbonyl (C=O) groups is 1. The lowest BCUT2D eigenvalue weighted by atomic mass is 9.88. The largest absolute Gasteiger partial charge is 0.461 e. The molecule has 0 spiro atoms. The maximum atomic E-state index is 12.0. The third-order valence-electron chi connectivity index (χ3n) is 4.39. The van der Waals surface area contributed by atoms with Crippen molar-refractivity contribution in [2.75, 3.05) is 0 Å². The molecule has 3 heteroatoms. The van der Waals surface area contributed by atoms with E-state index in [9.17, 15) is 4.79 Å². The summed E-state index contributed by atoms with van der Waals surface area (Å²) in [5.41, 5.74) is 8.30. The van der Waals surface area contributed by atoms with Crippen LogP contribution in [0.1, 0.15) is 31.4 Å². The van der Waals surface area contributed by atoms with Crippen LogP contribution in [0.5, 0.6) is 0 Å². The summed E-state index contributed by atoms with van der Waals surface area (Å²) in [5, 5.41) is 0. The van der Waals surface area contributed by atoms with Gasteiger partial charge in [-0.15, -0.1) is 0 Å². The van der Waals surface area contributed by atoms with Crippen LogP contribution in [0.2, 0.25) is 0 Å². The number of esters is 1. The number of benzene rings is 2. The molecule has 0 radical (unpaired) electrons. The minimum atomic E-state index is -0.540. The highest BCUT2D eigenvalue weighted by Gasteiger charge is 2.24. The van der Waals surface area contributed by atoms with E-state index in [1.165, 1.54) is 11.1 Å². The molecule has 0 unspecified atom stereocenters. The van der Waals surface area contributed by atoms with Crippen molar-refractivity contribution in [1.82, 2.24) is 0 Å². The summed E-state index contributed by atoms with van der Waals surface area (Å²) in [7, 11) is 0. The molecule has 0 fully saturated rings. The molecule has 2 aromatic rings. The fourth-order valence-corrected chi connectivity index (χ4v) is 2.77. The first-order valence-electron chi connectivity index (χ1n) is 8.64. The van der Waals surface area contributed by atoms with Gasteiger partial charge in [0.25, 0.3) is 0 Å². The number of carbonyl (C=O) groups excluding carboxylic acids is 1. The molecule has 24 heavy (non-hydrogen) atoms. The molecule has 0 aliphatic rings. The number of nitrogens with two attached hydrogens (primary N) is 1. The van der Waals surface area contributed by atoms with Gasteiger partial charge in [-0.05, 0) is 37.3 Å². The van der Waals surface area contributed by atoms with Crippen molar-refractivity contribution in [3.63, 3.8) is 0 Å². The Hall–Kier alpha value is -2.13. The highest BCUT2D eigenvalue weighted by molar-refractivity contribution is 5.75. The fourth-order valence-electron chi connectivity index (χ4n) is 2.77. The molecular weight excluding hydrogens is 298 g/mol. The Labute approximate surface area is 144 Å². The maximum absolute atomic E-state index is 12.0. The Balaban J connectivity index is 2.10. The van der Waals surface area contributed by atoms with Gasteiger partial charge in [-0.1, -0.05) is 67.6 Å². The van der Waals surface area contributed by atoms with Crippen molar-refractivity contribution in [3.8, 4) is 0 Å². The summed E-state index contributed by atoms with van der Waals surface area (Å²) < 4.78 is 5.65. The zero-order chi connectivity index (χ0) is 17.4. The second-order valence-electron chi connectivity index (χ2n) is 6.30. The average Bonchev–Trinajstić information content (AvgIpc) is 2.62. The van der Waals surface area contributed by atoms with Crippen LogP contribution < -0.4 is 5.73 Å². The van der Waals surface area contributed by atoms with E-state index in [0.29, 0.717) is 6.42 Å². The van der Waals surface area contributed by atoms with Crippen LogP contribution in [0.3, 0.4) is 0 Å². The number of rotatable bonds is 8. The molecule has 0 saturated carbocycles. The molecular formula is C21H27NO2. The molecule has 0 aliphatic heterocycles. The number of hydrogen-bond acceptors (Lipinski definition) is 3. The normalized spacial score (nSPS) is 13.5. The van der Waals surface area contributed by atoms with E-state index in [-0.39, 0.29) is 18.0 Å². The zero-order valence-electron chi connectivity index (χ0n) is 14.5. The zero-order valence-corrected chi connectivity index (χ0v) is 14.5. The van der Waals surface area contributed by atoms with Crippen molar-refractivity contribution < 1.29 is 9.53 Å². The van der Waals surface area contributed by atoms with E-state index in [4.69, 9.17) is 10.5 Å². The summed E-state index contributed by atoms with van der Waals surface area (Å²) in [4.78, 5) is 12.0. The van der Waals surface area contributed by atoms with Crippen molar-refractivity contribution in [1.29, 1.82) is 0 Å². The van der Waals surface area contributed by atoms with Gasteiger partial charge < -0.3 is 10.5 Å². The lowest BCUT2D eigenvalue weighted by Crippen LogP contribution is -2.36. The Bertz CT molecular complexity index is 571. The quantitative estimate of drug-likeness (QED) is 0.752. The molecule has 0 amide bonds. The second-order valence-corrected chi connectivity index (χ2v) is 6.30. The van der Waals surface area contributed by atoms with Crippen molar-refractivity contribution in [2.24, 2.45) is 11.7 Å². The Morgan fingerprint density at radius 2 is 1.42 bits per heavy atom. The summed E-state index contributed by atoms with van der Waals surface area (Å²) in [6, 6.07) is 20.1. The van der Waals surface area contributed by atoms with Crippen LogP contribution in [0.4, 0.5) is 0 Å². The van der Waals surface area contributed by atoms with Crippen LogP contribution in [-0.4, -0.2) is 18.1 Å². The molecule has 0 bridgehead atoms. The molecule has 2 atom stereocenters. The molecule has 2 N–H and O–H groups in total. The molecule has 2 rings (SSSR count). The SMILES string of the molecule is CC[C@H](N)C(=O)O[C@@H](C)C(Cc1ccccc1)Cc1ccccc1. The monoisotopic (exact) mass is 325 g/mol. The Morgan fingerprint density at radius 1 is 0.958 bits per heavy atom. The lowest BCUT2D eigenvalue weighted by Gasteiger charge is -2.25. The topological polar surface area (TPSA) is 52.3 Å². The molecule has 128 valence electrons. The average molecular weight is 325 g/mol. The van der Waals surface area contributed by atoms with Crippen LogP contribution in [0, 0.1) is 5.92 Å². The van der Waals surface area contributed by atoms with Gasteiger partial charge in [0, 0.05) is 5.92 Å². The molecule has 0 aliphatic carbocycles. The van der Waals surface area contributed by atoms with Gasteiger partial charge in [0.15, 0.2) is 0 Å². The highest BCUT2D eigenvalue weighted by atomic mass is 16.5. The first kappa shape index (κ1) is 18.2. The Morgan fingerprint density at radius 3 is 1.83 bits per heavy atom. The van der Waals surface area contributed by atoms with Crippen LogP contribution in [0.15, 0.2) is 60.7 Å². The molecule has 0 heterocycles. The van der Waals surface area contributed by atoms with Gasteiger partial charge in [-0.2, -0.15) is 0 Å². The highest BCUT2D eigenvalue weighted by Crippen LogP contribution is 2.21. The second kappa shape index (κ2) is 9.24. The maximum Gasteiger partial charge on any atom is 0.323 e. The van der Waals surface area contributed by atoms with E-state index in [1.807, 2.05) is 50.2 Å². The van der Waals surface area contributed by atoms with E-state index >= 15 is 0 Å². The van der Waals surface area contributed by atoms with Gasteiger partial charge in [0.05, 0.1) is 0 Å². The third-order valence-corrected chi connectivity index (χ3v) is 4.39.